The van der Waals surface area contributed by atoms with E-state index < -0.39 is 0 Å². The predicted octanol–water partition coefficient (Wildman–Crippen LogP) is 4.69. The number of esters is 1. The second-order valence-corrected chi connectivity index (χ2v) is 12.1. The first kappa shape index (κ1) is 24.5. The van der Waals surface area contributed by atoms with E-state index in [-0.39, 0.29) is 41.0 Å². The van der Waals surface area contributed by atoms with Crippen molar-refractivity contribution < 1.29 is 19.4 Å². The molecule has 3 N–H and O–H groups in total. The number of carbonyl (C=O) groups is 1. The van der Waals surface area contributed by atoms with Gasteiger partial charge < -0.3 is 20.3 Å². The third-order valence-electron chi connectivity index (χ3n) is 10.5. The number of rotatable bonds is 7. The summed E-state index contributed by atoms with van der Waals surface area (Å²) in [4.78, 5) is 12.6. The van der Waals surface area contributed by atoms with Gasteiger partial charge in [0.2, 0.25) is 0 Å². The minimum absolute atomic E-state index is 0.0117. The van der Waals surface area contributed by atoms with Gasteiger partial charge >= 0.3 is 5.97 Å². The molecule has 0 amide bonds. The largest absolute Gasteiger partial charge is 0.469 e. The Morgan fingerprint density at radius 3 is 2.56 bits per heavy atom. The lowest BCUT2D eigenvalue weighted by Crippen LogP contribution is -2.63. The number of ether oxygens (including phenoxy) is 2. The van der Waals surface area contributed by atoms with E-state index in [1.807, 2.05) is 0 Å². The van der Waals surface area contributed by atoms with Gasteiger partial charge in [-0.05, 0) is 85.9 Å². The summed E-state index contributed by atoms with van der Waals surface area (Å²) in [7, 11) is 1.52. The molecule has 0 spiro atoms. The minimum Gasteiger partial charge on any atom is -0.469 e. The molecule has 0 aromatic carbocycles. The molecule has 4 rings (SSSR count). The van der Waals surface area contributed by atoms with Crippen LogP contribution in [0.2, 0.25) is 0 Å². The van der Waals surface area contributed by atoms with Gasteiger partial charge in [0.25, 0.3) is 0 Å². The average molecular weight is 450 g/mol. The molecule has 10 atom stereocenters. The number of nitrogens with two attached hydrogens (primary N) is 1. The van der Waals surface area contributed by atoms with Crippen LogP contribution >= 0.6 is 0 Å². The van der Waals surface area contributed by atoms with Crippen LogP contribution < -0.4 is 5.73 Å². The first-order valence-corrected chi connectivity index (χ1v) is 13.4. The molecule has 4 aliphatic rings. The Morgan fingerprint density at radius 1 is 1.06 bits per heavy atom. The van der Waals surface area contributed by atoms with Crippen molar-refractivity contribution in [2.45, 2.75) is 110 Å². The summed E-state index contributed by atoms with van der Waals surface area (Å²) in [5, 5.41) is 10.9. The van der Waals surface area contributed by atoms with E-state index in [2.05, 4.69) is 20.8 Å². The molecular formula is C27H47NO4. The normalized spacial score (nSPS) is 47.9. The molecule has 0 aliphatic heterocycles. The lowest BCUT2D eigenvalue weighted by Gasteiger charge is -2.63. The second-order valence-electron chi connectivity index (χ2n) is 12.1. The summed E-state index contributed by atoms with van der Waals surface area (Å²) in [6.45, 7) is 7.74. The molecule has 5 heteroatoms. The van der Waals surface area contributed by atoms with Crippen molar-refractivity contribution in [1.82, 2.24) is 0 Å². The zero-order valence-corrected chi connectivity index (χ0v) is 20.9. The fraction of sp³-hybridized carbons (Fsp3) is 0.963. The molecule has 4 fully saturated rings. The first-order chi connectivity index (χ1) is 15.3. The van der Waals surface area contributed by atoms with E-state index in [1.54, 1.807) is 0 Å². The average Bonchev–Trinajstić information content (AvgIpc) is 3.10. The number of unbranched alkanes of at least 4 members (excludes halogenated alkanes) is 3. The maximum absolute atomic E-state index is 12.6. The molecule has 0 aromatic rings. The Kier molecular flexibility index (Phi) is 7.30. The highest BCUT2D eigenvalue weighted by Crippen LogP contribution is 2.67. The molecule has 0 aromatic heterocycles. The number of carbonyl (C=O) groups excluding carboxylic acids is 1. The van der Waals surface area contributed by atoms with E-state index >= 15 is 0 Å². The zero-order chi connectivity index (χ0) is 23.1. The van der Waals surface area contributed by atoms with Crippen LogP contribution in [0.25, 0.3) is 0 Å². The summed E-state index contributed by atoms with van der Waals surface area (Å²) in [6.07, 6.45) is 11.4. The molecule has 0 bridgehead atoms. The van der Waals surface area contributed by atoms with Crippen molar-refractivity contribution in [2.24, 2.45) is 46.2 Å². The SMILES string of the molecule is CCCCCCO[C@H]1C[C@@]2(C)[C@@H](CC[C@@H]3[C@@H]2[C@H](N)C[C@]2(C)[C@@H](C(=O)OC)CC[C@@H]32)C[C@@H]1O. The molecule has 184 valence electrons. The van der Waals surface area contributed by atoms with Gasteiger partial charge in [-0.15, -0.1) is 0 Å². The number of fused-ring (bicyclic) bond motifs is 5. The van der Waals surface area contributed by atoms with Crippen LogP contribution in [-0.4, -0.2) is 43.0 Å². The van der Waals surface area contributed by atoms with Crippen LogP contribution in [-0.2, 0) is 14.3 Å². The lowest BCUT2D eigenvalue weighted by molar-refractivity contribution is -0.180. The molecule has 0 radical (unpaired) electrons. The van der Waals surface area contributed by atoms with E-state index in [4.69, 9.17) is 15.2 Å². The van der Waals surface area contributed by atoms with Gasteiger partial charge in [-0.3, -0.25) is 4.79 Å². The standard InChI is InChI=1S/C27H47NO4/c1-5-6-7-8-13-32-23-16-26(2)17(14-22(23)29)9-10-18-19-11-12-20(25(30)31-4)27(19,3)15-21(28)24(18)26/h17-24,29H,5-16,28H2,1-4H3/t17-,18-,19-,20+,21+,22-,23-,24+,26-,27-/m0/s1. The van der Waals surface area contributed by atoms with Crippen LogP contribution in [0.15, 0.2) is 0 Å². The summed E-state index contributed by atoms with van der Waals surface area (Å²) in [6, 6.07) is 0.0970. The molecule has 0 unspecified atom stereocenters. The summed E-state index contributed by atoms with van der Waals surface area (Å²) < 4.78 is 11.5. The summed E-state index contributed by atoms with van der Waals surface area (Å²) in [5.41, 5.74) is 7.08. The first-order valence-electron chi connectivity index (χ1n) is 13.4. The van der Waals surface area contributed by atoms with Crippen LogP contribution in [0, 0.1) is 40.4 Å². The Labute approximate surface area is 195 Å². The van der Waals surface area contributed by atoms with Crippen molar-refractivity contribution in [1.29, 1.82) is 0 Å². The number of aliphatic hydroxyl groups excluding tert-OH is 1. The molecule has 4 aliphatic carbocycles. The van der Waals surface area contributed by atoms with Gasteiger partial charge in [-0.25, -0.2) is 0 Å². The number of hydrogen-bond donors (Lipinski definition) is 2. The molecule has 0 heterocycles. The van der Waals surface area contributed by atoms with Gasteiger partial charge in [0.05, 0.1) is 25.2 Å². The maximum atomic E-state index is 12.6. The zero-order valence-electron chi connectivity index (χ0n) is 20.9. The maximum Gasteiger partial charge on any atom is 0.309 e. The third kappa shape index (κ3) is 4.05. The van der Waals surface area contributed by atoms with E-state index in [0.717, 1.165) is 45.1 Å². The minimum atomic E-state index is -0.351. The van der Waals surface area contributed by atoms with E-state index in [1.165, 1.54) is 39.2 Å². The Bertz CT molecular complexity index is 670. The number of aliphatic hydroxyl groups is 1. The van der Waals surface area contributed by atoms with Gasteiger partial charge in [-0.1, -0.05) is 40.0 Å². The smallest absolute Gasteiger partial charge is 0.309 e. The number of methoxy groups -OCH3 is 1. The van der Waals surface area contributed by atoms with Crippen molar-refractivity contribution in [3.8, 4) is 0 Å². The monoisotopic (exact) mass is 449 g/mol. The van der Waals surface area contributed by atoms with Crippen LogP contribution in [0.1, 0.15) is 91.4 Å². The van der Waals surface area contributed by atoms with Gasteiger partial charge in [0.1, 0.15) is 0 Å². The second kappa shape index (κ2) is 9.54. The van der Waals surface area contributed by atoms with Gasteiger partial charge in [0.15, 0.2) is 0 Å². The van der Waals surface area contributed by atoms with Crippen molar-refractivity contribution in [3.05, 3.63) is 0 Å². The Morgan fingerprint density at radius 2 is 1.84 bits per heavy atom. The molecule has 4 saturated carbocycles. The highest BCUT2D eigenvalue weighted by atomic mass is 16.5. The highest BCUT2D eigenvalue weighted by molar-refractivity contribution is 5.74. The Balaban J connectivity index is 1.51. The quantitative estimate of drug-likeness (QED) is 0.435. The molecular weight excluding hydrogens is 402 g/mol. The van der Waals surface area contributed by atoms with Crippen LogP contribution in [0.5, 0.6) is 0 Å². The topological polar surface area (TPSA) is 81.8 Å². The van der Waals surface area contributed by atoms with Crippen molar-refractivity contribution in [3.63, 3.8) is 0 Å². The Hall–Kier alpha value is -0.650. The van der Waals surface area contributed by atoms with Crippen LogP contribution in [0.4, 0.5) is 0 Å². The third-order valence-corrected chi connectivity index (χ3v) is 10.5. The van der Waals surface area contributed by atoms with Crippen molar-refractivity contribution in [2.75, 3.05) is 13.7 Å². The van der Waals surface area contributed by atoms with Crippen LogP contribution in [0.3, 0.4) is 0 Å². The highest BCUT2D eigenvalue weighted by Gasteiger charge is 2.64. The molecule has 5 nitrogen and oxygen atoms in total. The fourth-order valence-electron chi connectivity index (χ4n) is 8.98. The summed E-state index contributed by atoms with van der Waals surface area (Å²) >= 11 is 0. The lowest BCUT2D eigenvalue weighted by atomic mass is 9.43. The van der Waals surface area contributed by atoms with Gasteiger partial charge in [0, 0.05) is 12.6 Å². The predicted molar refractivity (Wildman–Crippen MR) is 126 cm³/mol. The van der Waals surface area contributed by atoms with Crippen molar-refractivity contribution >= 4 is 5.97 Å². The van der Waals surface area contributed by atoms with E-state index in [0.29, 0.717) is 23.7 Å². The summed E-state index contributed by atoms with van der Waals surface area (Å²) in [5.74, 6) is 2.04. The van der Waals surface area contributed by atoms with Gasteiger partial charge in [-0.2, -0.15) is 0 Å². The van der Waals surface area contributed by atoms with E-state index in [9.17, 15) is 9.90 Å². The number of hydrogen-bond acceptors (Lipinski definition) is 5. The fourth-order valence-corrected chi connectivity index (χ4v) is 8.98. The molecule has 0 saturated heterocycles. The molecule has 32 heavy (non-hydrogen) atoms.